The minimum absolute atomic E-state index is 0.0473. The van der Waals surface area contributed by atoms with E-state index in [2.05, 4.69) is 32.5 Å². The lowest BCUT2D eigenvalue weighted by Crippen LogP contribution is -2.42. The van der Waals surface area contributed by atoms with Crippen LogP contribution in [0.15, 0.2) is 21.5 Å². The normalized spacial score (nSPS) is 19.7. The zero-order chi connectivity index (χ0) is 17.0. The molecule has 1 aromatic carbocycles. The molecule has 1 N–H and O–H groups in total. The molecule has 130 valence electrons. The molecule has 1 saturated heterocycles. The van der Waals surface area contributed by atoms with Gasteiger partial charge in [-0.15, -0.1) is 0 Å². The molecular weight excluding hydrogens is 404 g/mol. The third kappa shape index (κ3) is 4.82. The molecule has 0 aromatic heterocycles. The highest BCUT2D eigenvalue weighted by molar-refractivity contribution is 9.10. The zero-order valence-corrected chi connectivity index (χ0v) is 16.5. The SMILES string of the molecule is COc1c(Br)cc(Cl)cc1S(=O)(=O)NCCN1CCCC[C@@H]1C. The summed E-state index contributed by atoms with van der Waals surface area (Å²) in [4.78, 5) is 2.36. The van der Waals surface area contributed by atoms with Crippen LogP contribution in [0.3, 0.4) is 0 Å². The van der Waals surface area contributed by atoms with Gasteiger partial charge in [0.25, 0.3) is 0 Å². The van der Waals surface area contributed by atoms with Crippen molar-refractivity contribution < 1.29 is 13.2 Å². The van der Waals surface area contributed by atoms with Crippen molar-refractivity contribution in [1.82, 2.24) is 9.62 Å². The molecule has 0 spiro atoms. The van der Waals surface area contributed by atoms with Crippen molar-refractivity contribution in [3.8, 4) is 5.75 Å². The Morgan fingerprint density at radius 2 is 2.17 bits per heavy atom. The second-order valence-corrected chi connectivity index (χ2v) is 8.72. The van der Waals surface area contributed by atoms with Crippen molar-refractivity contribution in [3.05, 3.63) is 21.6 Å². The van der Waals surface area contributed by atoms with E-state index in [1.54, 1.807) is 6.07 Å². The van der Waals surface area contributed by atoms with Crippen molar-refractivity contribution in [2.75, 3.05) is 26.7 Å². The van der Waals surface area contributed by atoms with E-state index >= 15 is 0 Å². The van der Waals surface area contributed by atoms with Gasteiger partial charge in [0.2, 0.25) is 10.0 Å². The van der Waals surface area contributed by atoms with E-state index < -0.39 is 10.0 Å². The summed E-state index contributed by atoms with van der Waals surface area (Å²) >= 11 is 9.25. The highest BCUT2D eigenvalue weighted by atomic mass is 79.9. The lowest BCUT2D eigenvalue weighted by molar-refractivity contribution is 0.164. The highest BCUT2D eigenvalue weighted by Gasteiger charge is 2.23. The number of sulfonamides is 1. The van der Waals surface area contributed by atoms with E-state index in [1.165, 1.54) is 32.4 Å². The molecule has 1 fully saturated rings. The van der Waals surface area contributed by atoms with Gasteiger partial charge in [-0.3, -0.25) is 4.90 Å². The summed E-state index contributed by atoms with van der Waals surface area (Å²) in [7, 11) is -2.25. The molecule has 0 amide bonds. The molecule has 1 aromatic rings. The number of nitrogens with zero attached hydrogens (tertiary/aromatic N) is 1. The number of hydrogen-bond acceptors (Lipinski definition) is 4. The standard InChI is InChI=1S/C15H22BrClN2O3S/c1-11-5-3-4-7-19(11)8-6-18-23(20,21)14-10-12(17)9-13(16)15(14)22-2/h9-11,18H,3-8H2,1-2H3/t11-/m0/s1. The minimum Gasteiger partial charge on any atom is -0.494 e. The number of likely N-dealkylation sites (tertiary alicyclic amines) is 1. The summed E-state index contributed by atoms with van der Waals surface area (Å²) in [6.45, 7) is 4.27. The Balaban J connectivity index is 2.07. The molecule has 5 nitrogen and oxygen atoms in total. The number of rotatable bonds is 6. The molecule has 0 radical (unpaired) electrons. The lowest BCUT2D eigenvalue weighted by Gasteiger charge is -2.33. The van der Waals surface area contributed by atoms with E-state index in [4.69, 9.17) is 16.3 Å². The maximum absolute atomic E-state index is 12.6. The van der Waals surface area contributed by atoms with Crippen LogP contribution in [-0.4, -0.2) is 46.1 Å². The van der Waals surface area contributed by atoms with Crippen LogP contribution >= 0.6 is 27.5 Å². The molecule has 0 saturated carbocycles. The van der Waals surface area contributed by atoms with E-state index in [-0.39, 0.29) is 10.6 Å². The quantitative estimate of drug-likeness (QED) is 0.760. The molecule has 2 rings (SSSR count). The molecule has 8 heteroatoms. The van der Waals surface area contributed by atoms with Crippen LogP contribution in [0.2, 0.25) is 5.02 Å². The van der Waals surface area contributed by atoms with Crippen LogP contribution in [0, 0.1) is 0 Å². The Morgan fingerprint density at radius 1 is 1.43 bits per heavy atom. The van der Waals surface area contributed by atoms with E-state index in [1.807, 2.05) is 0 Å². The topological polar surface area (TPSA) is 58.6 Å². The van der Waals surface area contributed by atoms with E-state index in [9.17, 15) is 8.42 Å². The average Bonchev–Trinajstić information content (AvgIpc) is 2.48. The highest BCUT2D eigenvalue weighted by Crippen LogP contribution is 2.35. The monoisotopic (exact) mass is 424 g/mol. The fourth-order valence-electron chi connectivity index (χ4n) is 2.83. The molecular formula is C15H22BrClN2O3S. The van der Waals surface area contributed by atoms with Crippen LogP contribution in [0.1, 0.15) is 26.2 Å². The maximum Gasteiger partial charge on any atom is 0.244 e. The number of hydrogen-bond donors (Lipinski definition) is 1. The summed E-state index contributed by atoms with van der Waals surface area (Å²) in [5.74, 6) is 0.258. The van der Waals surface area contributed by atoms with Gasteiger partial charge < -0.3 is 4.74 Å². The zero-order valence-electron chi connectivity index (χ0n) is 13.3. The number of ether oxygens (including phenoxy) is 1. The third-order valence-corrected chi connectivity index (χ3v) is 6.37. The van der Waals surface area contributed by atoms with Gasteiger partial charge in [0.15, 0.2) is 5.75 Å². The maximum atomic E-state index is 12.6. The molecule has 1 aliphatic heterocycles. The van der Waals surface area contributed by atoms with Gasteiger partial charge in [0.1, 0.15) is 4.90 Å². The van der Waals surface area contributed by atoms with E-state index in [0.717, 1.165) is 6.54 Å². The van der Waals surface area contributed by atoms with Crippen LogP contribution < -0.4 is 9.46 Å². The van der Waals surface area contributed by atoms with Gasteiger partial charge in [-0.1, -0.05) is 18.0 Å². The van der Waals surface area contributed by atoms with Crippen LogP contribution in [-0.2, 0) is 10.0 Å². The second kappa shape index (κ2) is 8.16. The van der Waals surface area contributed by atoms with Gasteiger partial charge >= 0.3 is 0 Å². The fraction of sp³-hybridized carbons (Fsp3) is 0.600. The summed E-state index contributed by atoms with van der Waals surface area (Å²) in [6, 6.07) is 3.51. The molecule has 23 heavy (non-hydrogen) atoms. The summed E-state index contributed by atoms with van der Waals surface area (Å²) in [5, 5.41) is 0.336. The number of methoxy groups -OCH3 is 1. The van der Waals surface area contributed by atoms with Gasteiger partial charge in [0, 0.05) is 24.2 Å². The minimum atomic E-state index is -3.68. The van der Waals surface area contributed by atoms with Crippen LogP contribution in [0.4, 0.5) is 0 Å². The van der Waals surface area contributed by atoms with Crippen molar-refractivity contribution in [3.63, 3.8) is 0 Å². The molecule has 0 bridgehead atoms. The number of piperidine rings is 1. The fourth-order valence-corrected chi connectivity index (χ4v) is 5.23. The van der Waals surface area contributed by atoms with Crippen LogP contribution in [0.5, 0.6) is 5.75 Å². The first kappa shape index (κ1) is 19.0. The largest absolute Gasteiger partial charge is 0.494 e. The van der Waals surface area contributed by atoms with Crippen molar-refractivity contribution in [2.24, 2.45) is 0 Å². The summed E-state index contributed by atoms with van der Waals surface area (Å²) in [6.07, 6.45) is 3.59. The first-order chi connectivity index (χ1) is 10.8. The molecule has 1 atom stereocenters. The molecule has 1 heterocycles. The molecule has 0 unspecified atom stereocenters. The Morgan fingerprint density at radius 3 is 2.83 bits per heavy atom. The third-order valence-electron chi connectivity index (χ3n) is 4.10. The summed E-state index contributed by atoms with van der Waals surface area (Å²) < 4.78 is 33.5. The average molecular weight is 426 g/mol. The number of nitrogens with one attached hydrogen (secondary N) is 1. The lowest BCUT2D eigenvalue weighted by atomic mass is 10.0. The molecule has 0 aliphatic carbocycles. The van der Waals surface area contributed by atoms with Gasteiger partial charge in [-0.2, -0.15) is 0 Å². The first-order valence-corrected chi connectivity index (χ1v) is 10.3. The Labute approximate surface area is 151 Å². The predicted octanol–water partition coefficient (Wildman–Crippen LogP) is 3.26. The van der Waals surface area contributed by atoms with Gasteiger partial charge in [0.05, 0.1) is 11.6 Å². The first-order valence-electron chi connectivity index (χ1n) is 7.62. The second-order valence-electron chi connectivity index (χ2n) is 5.70. The van der Waals surface area contributed by atoms with Gasteiger partial charge in [-0.25, -0.2) is 13.1 Å². The van der Waals surface area contributed by atoms with Gasteiger partial charge in [-0.05, 0) is 54.4 Å². The Bertz CT molecular complexity index is 654. The number of benzene rings is 1. The van der Waals surface area contributed by atoms with E-state index in [0.29, 0.717) is 28.6 Å². The van der Waals surface area contributed by atoms with Crippen molar-refractivity contribution in [2.45, 2.75) is 37.1 Å². The van der Waals surface area contributed by atoms with Crippen molar-refractivity contribution in [1.29, 1.82) is 0 Å². The van der Waals surface area contributed by atoms with Crippen LogP contribution in [0.25, 0.3) is 0 Å². The summed E-state index contributed by atoms with van der Waals surface area (Å²) in [5.41, 5.74) is 0. The number of halogens is 2. The predicted molar refractivity (Wildman–Crippen MR) is 95.8 cm³/mol. The molecule has 1 aliphatic rings. The Hall–Kier alpha value is -0.340. The van der Waals surface area contributed by atoms with Crippen molar-refractivity contribution >= 4 is 37.6 Å². The Kier molecular flexibility index (Phi) is 6.74. The smallest absolute Gasteiger partial charge is 0.244 e.